The molecule has 0 saturated heterocycles. The molecular formula is C16H22BrNO4. The highest BCUT2D eigenvalue weighted by molar-refractivity contribution is 9.10. The van der Waals surface area contributed by atoms with E-state index in [1.165, 1.54) is 0 Å². The fourth-order valence-electron chi connectivity index (χ4n) is 1.88. The Labute approximate surface area is 139 Å². The van der Waals surface area contributed by atoms with Gasteiger partial charge in [0.25, 0.3) is 0 Å². The fourth-order valence-corrected chi connectivity index (χ4v) is 2.15. The van der Waals surface area contributed by atoms with Gasteiger partial charge >= 0.3 is 5.97 Å². The van der Waals surface area contributed by atoms with Crippen LogP contribution in [0.25, 0.3) is 0 Å². The number of nitrogens with zero attached hydrogens (tertiary/aromatic N) is 1. The summed E-state index contributed by atoms with van der Waals surface area (Å²) in [4.78, 5) is 23.8. The van der Waals surface area contributed by atoms with Gasteiger partial charge in [0.05, 0.1) is 6.61 Å². The first-order valence-electron chi connectivity index (χ1n) is 7.33. The molecule has 1 aromatic rings. The lowest BCUT2D eigenvalue weighted by Gasteiger charge is -2.16. The minimum absolute atomic E-state index is 0.0500. The van der Waals surface area contributed by atoms with Gasteiger partial charge in [-0.2, -0.15) is 0 Å². The summed E-state index contributed by atoms with van der Waals surface area (Å²) in [7, 11) is 1.71. The zero-order chi connectivity index (χ0) is 16.4. The molecule has 0 saturated carbocycles. The number of hydrogen-bond acceptors (Lipinski definition) is 3. The van der Waals surface area contributed by atoms with Gasteiger partial charge in [0.2, 0.25) is 5.91 Å². The molecule has 0 aliphatic rings. The quantitative estimate of drug-likeness (QED) is 0.640. The first kappa shape index (κ1) is 18.5. The van der Waals surface area contributed by atoms with E-state index in [0.717, 1.165) is 23.1 Å². The van der Waals surface area contributed by atoms with Gasteiger partial charge in [-0.05, 0) is 43.5 Å². The van der Waals surface area contributed by atoms with Crippen molar-refractivity contribution in [3.05, 3.63) is 28.7 Å². The molecule has 0 spiro atoms. The normalized spacial score (nSPS) is 10.3. The average Bonchev–Trinajstić information content (AvgIpc) is 2.48. The van der Waals surface area contributed by atoms with Crippen LogP contribution in [0.5, 0.6) is 5.75 Å². The Hall–Kier alpha value is -1.56. The maximum Gasteiger partial charge on any atom is 0.303 e. The van der Waals surface area contributed by atoms with Gasteiger partial charge in [-0.25, -0.2) is 0 Å². The van der Waals surface area contributed by atoms with Crippen molar-refractivity contribution < 1.29 is 19.4 Å². The molecule has 1 rings (SSSR count). The summed E-state index contributed by atoms with van der Waals surface area (Å²) in [6.07, 6.45) is 2.62. The van der Waals surface area contributed by atoms with Crippen LogP contribution < -0.4 is 4.74 Å². The molecule has 0 fully saturated rings. The summed E-state index contributed by atoms with van der Waals surface area (Å²) in [6, 6.07) is 7.63. The van der Waals surface area contributed by atoms with E-state index in [1.54, 1.807) is 11.9 Å². The second-order valence-electron chi connectivity index (χ2n) is 5.07. The molecule has 0 bridgehead atoms. The van der Waals surface area contributed by atoms with Crippen LogP contribution in [0.2, 0.25) is 0 Å². The number of amides is 1. The van der Waals surface area contributed by atoms with E-state index in [4.69, 9.17) is 9.84 Å². The van der Waals surface area contributed by atoms with Crippen LogP contribution >= 0.6 is 15.9 Å². The van der Waals surface area contributed by atoms with E-state index in [1.807, 2.05) is 24.3 Å². The van der Waals surface area contributed by atoms with Crippen LogP contribution in [-0.2, 0) is 9.59 Å². The van der Waals surface area contributed by atoms with Gasteiger partial charge in [0.15, 0.2) is 0 Å². The number of hydrogen-bond donors (Lipinski definition) is 1. The number of carbonyl (C=O) groups is 2. The predicted octanol–water partition coefficient (Wildman–Crippen LogP) is 3.32. The lowest BCUT2D eigenvalue weighted by atomic mass is 10.2. The highest BCUT2D eigenvalue weighted by Gasteiger charge is 2.08. The Kier molecular flexibility index (Phi) is 8.58. The van der Waals surface area contributed by atoms with Gasteiger partial charge < -0.3 is 14.7 Å². The van der Waals surface area contributed by atoms with E-state index in [-0.39, 0.29) is 12.3 Å². The van der Waals surface area contributed by atoms with Crippen molar-refractivity contribution in [3.63, 3.8) is 0 Å². The third kappa shape index (κ3) is 8.02. The minimum Gasteiger partial charge on any atom is -0.494 e. The predicted molar refractivity (Wildman–Crippen MR) is 88.0 cm³/mol. The maximum absolute atomic E-state index is 11.8. The molecule has 0 atom stereocenters. The number of benzene rings is 1. The van der Waals surface area contributed by atoms with Gasteiger partial charge in [-0.1, -0.05) is 15.9 Å². The zero-order valence-corrected chi connectivity index (χ0v) is 14.3. The van der Waals surface area contributed by atoms with E-state index in [9.17, 15) is 9.59 Å². The van der Waals surface area contributed by atoms with Crippen LogP contribution in [0.3, 0.4) is 0 Å². The standard InChI is InChI=1S/C16H22BrNO4/c1-18(11-4-6-16(20)21)15(19)5-2-3-12-22-14-9-7-13(17)8-10-14/h7-10H,2-6,11-12H2,1H3,(H,20,21). The number of unbranched alkanes of at least 4 members (excludes halogenated alkanes) is 1. The second kappa shape index (κ2) is 10.2. The van der Waals surface area contributed by atoms with Gasteiger partial charge in [-0.15, -0.1) is 0 Å². The summed E-state index contributed by atoms with van der Waals surface area (Å²) in [6.45, 7) is 1.07. The molecule has 1 amide bonds. The average molecular weight is 372 g/mol. The molecule has 0 aliphatic carbocycles. The SMILES string of the molecule is CN(CCCC(=O)O)C(=O)CCCCOc1ccc(Br)cc1. The minimum atomic E-state index is -0.828. The maximum atomic E-state index is 11.8. The van der Waals surface area contributed by atoms with Crippen LogP contribution in [-0.4, -0.2) is 42.1 Å². The van der Waals surface area contributed by atoms with Crippen molar-refractivity contribution in [2.75, 3.05) is 20.2 Å². The van der Waals surface area contributed by atoms with E-state index in [2.05, 4.69) is 15.9 Å². The topological polar surface area (TPSA) is 66.8 Å². The smallest absolute Gasteiger partial charge is 0.303 e. The van der Waals surface area contributed by atoms with Crippen LogP contribution in [0.15, 0.2) is 28.7 Å². The van der Waals surface area contributed by atoms with Crippen LogP contribution in [0.1, 0.15) is 32.1 Å². The number of rotatable bonds is 10. The van der Waals surface area contributed by atoms with E-state index >= 15 is 0 Å². The molecule has 0 heterocycles. The molecular weight excluding hydrogens is 350 g/mol. The molecule has 0 radical (unpaired) electrons. The summed E-state index contributed by atoms with van der Waals surface area (Å²) >= 11 is 3.36. The van der Waals surface area contributed by atoms with Crippen molar-refractivity contribution in [3.8, 4) is 5.75 Å². The Morgan fingerprint density at radius 2 is 1.82 bits per heavy atom. The number of aliphatic carboxylic acids is 1. The first-order valence-corrected chi connectivity index (χ1v) is 8.12. The van der Waals surface area contributed by atoms with Crippen molar-refractivity contribution in [2.45, 2.75) is 32.1 Å². The molecule has 0 aliphatic heterocycles. The molecule has 1 N–H and O–H groups in total. The molecule has 1 aromatic carbocycles. The first-order chi connectivity index (χ1) is 10.5. The molecule has 5 nitrogen and oxygen atoms in total. The van der Waals surface area contributed by atoms with Gasteiger partial charge in [-0.3, -0.25) is 9.59 Å². The van der Waals surface area contributed by atoms with Crippen molar-refractivity contribution in [1.29, 1.82) is 0 Å². The monoisotopic (exact) mass is 371 g/mol. The molecule has 122 valence electrons. The third-order valence-electron chi connectivity index (χ3n) is 3.18. The number of carboxylic acid groups (broad SMARTS) is 1. The fraction of sp³-hybridized carbons (Fsp3) is 0.500. The second-order valence-corrected chi connectivity index (χ2v) is 5.99. The summed E-state index contributed by atoms with van der Waals surface area (Å²) in [5, 5.41) is 8.55. The molecule has 0 unspecified atom stereocenters. The van der Waals surface area contributed by atoms with E-state index in [0.29, 0.717) is 26.0 Å². The van der Waals surface area contributed by atoms with Crippen molar-refractivity contribution in [2.24, 2.45) is 0 Å². The van der Waals surface area contributed by atoms with Crippen LogP contribution in [0.4, 0.5) is 0 Å². The summed E-state index contributed by atoms with van der Waals surface area (Å²) in [5.41, 5.74) is 0. The lowest BCUT2D eigenvalue weighted by Crippen LogP contribution is -2.27. The largest absolute Gasteiger partial charge is 0.494 e. The van der Waals surface area contributed by atoms with Gasteiger partial charge in [0, 0.05) is 30.9 Å². The van der Waals surface area contributed by atoms with Crippen molar-refractivity contribution >= 4 is 27.8 Å². The van der Waals surface area contributed by atoms with Crippen molar-refractivity contribution in [1.82, 2.24) is 4.90 Å². The number of carbonyl (C=O) groups excluding carboxylic acids is 1. The molecule has 0 aromatic heterocycles. The highest BCUT2D eigenvalue weighted by atomic mass is 79.9. The summed E-state index contributed by atoms with van der Waals surface area (Å²) < 4.78 is 6.59. The number of halogens is 1. The Morgan fingerprint density at radius 3 is 2.45 bits per heavy atom. The number of ether oxygens (including phenoxy) is 1. The van der Waals surface area contributed by atoms with Crippen LogP contribution in [0, 0.1) is 0 Å². The molecule has 22 heavy (non-hydrogen) atoms. The number of carboxylic acids is 1. The van der Waals surface area contributed by atoms with E-state index < -0.39 is 5.97 Å². The lowest BCUT2D eigenvalue weighted by molar-refractivity contribution is -0.138. The Balaban J connectivity index is 2.09. The summed E-state index contributed by atoms with van der Waals surface area (Å²) in [5.74, 6) is 0.0419. The Bertz CT molecular complexity index is 476. The van der Waals surface area contributed by atoms with Gasteiger partial charge in [0.1, 0.15) is 5.75 Å². The highest BCUT2D eigenvalue weighted by Crippen LogP contribution is 2.16. The zero-order valence-electron chi connectivity index (χ0n) is 12.8. The third-order valence-corrected chi connectivity index (χ3v) is 3.71. The Morgan fingerprint density at radius 1 is 1.14 bits per heavy atom. The molecule has 6 heteroatoms.